The van der Waals surface area contributed by atoms with Gasteiger partial charge in [0.15, 0.2) is 0 Å². The Hall–Kier alpha value is -0.220. The molecule has 1 N–H and O–H groups in total. The molecule has 0 bridgehead atoms. The van der Waals surface area contributed by atoms with Crippen molar-refractivity contribution in [1.82, 2.24) is 10.2 Å². The van der Waals surface area contributed by atoms with E-state index in [0.717, 1.165) is 26.2 Å². The zero-order valence-corrected chi connectivity index (χ0v) is 12.1. The number of thioether (sulfide) groups is 1. The van der Waals surface area contributed by atoms with E-state index in [1.54, 1.807) is 11.8 Å². The summed E-state index contributed by atoms with van der Waals surface area (Å²) in [5.41, 5.74) is 1.42. The standard InChI is InChI=1S/C13H20N2S.ClH/c1-11-9-14-7-8-15(11)10-12-3-5-13(16-2)6-4-12;/h3-6,11,14H,7-10H2,1-2H3;1H/t11-;/m1./s1. The Morgan fingerprint density at radius 3 is 2.65 bits per heavy atom. The smallest absolute Gasteiger partial charge is 0.0237 e. The highest BCUT2D eigenvalue weighted by Crippen LogP contribution is 2.16. The van der Waals surface area contributed by atoms with E-state index in [1.807, 2.05) is 0 Å². The molecule has 0 spiro atoms. The molecule has 0 aromatic heterocycles. The number of hydrogen-bond acceptors (Lipinski definition) is 3. The van der Waals surface area contributed by atoms with Gasteiger partial charge in [-0.2, -0.15) is 0 Å². The summed E-state index contributed by atoms with van der Waals surface area (Å²) in [6, 6.07) is 9.58. The van der Waals surface area contributed by atoms with E-state index >= 15 is 0 Å². The van der Waals surface area contributed by atoms with Crippen LogP contribution >= 0.6 is 24.2 Å². The van der Waals surface area contributed by atoms with E-state index in [9.17, 15) is 0 Å². The molecule has 1 aliphatic heterocycles. The third-order valence-electron chi connectivity index (χ3n) is 3.18. The normalized spacial score (nSPS) is 20.9. The second-order valence-electron chi connectivity index (χ2n) is 4.37. The van der Waals surface area contributed by atoms with Gasteiger partial charge in [0.2, 0.25) is 0 Å². The van der Waals surface area contributed by atoms with Crippen molar-refractivity contribution in [2.45, 2.75) is 24.4 Å². The highest BCUT2D eigenvalue weighted by Gasteiger charge is 2.17. The van der Waals surface area contributed by atoms with Crippen molar-refractivity contribution in [2.24, 2.45) is 0 Å². The van der Waals surface area contributed by atoms with Gasteiger partial charge in [0.05, 0.1) is 0 Å². The molecule has 96 valence electrons. The molecular weight excluding hydrogens is 252 g/mol. The number of rotatable bonds is 3. The van der Waals surface area contributed by atoms with Gasteiger partial charge in [-0.3, -0.25) is 4.90 Å². The van der Waals surface area contributed by atoms with Crippen molar-refractivity contribution in [1.29, 1.82) is 0 Å². The number of benzene rings is 1. The molecule has 0 amide bonds. The first kappa shape index (κ1) is 14.8. The summed E-state index contributed by atoms with van der Waals surface area (Å²) in [7, 11) is 0. The highest BCUT2D eigenvalue weighted by molar-refractivity contribution is 7.98. The average molecular weight is 273 g/mol. The SMILES string of the molecule is CSc1ccc(CN2CCNC[C@H]2C)cc1.Cl. The molecule has 1 aromatic rings. The summed E-state index contributed by atoms with van der Waals surface area (Å²) in [5.74, 6) is 0. The zero-order valence-electron chi connectivity index (χ0n) is 10.5. The van der Waals surface area contributed by atoms with E-state index in [2.05, 4.69) is 47.7 Å². The Balaban J connectivity index is 0.00000144. The number of nitrogens with one attached hydrogen (secondary N) is 1. The predicted molar refractivity (Wildman–Crippen MR) is 78.2 cm³/mol. The predicted octanol–water partition coefficient (Wildman–Crippen LogP) is 2.62. The largest absolute Gasteiger partial charge is 0.314 e. The fraction of sp³-hybridized carbons (Fsp3) is 0.538. The Morgan fingerprint density at radius 2 is 2.06 bits per heavy atom. The van der Waals surface area contributed by atoms with Crippen molar-refractivity contribution in [3.63, 3.8) is 0 Å². The van der Waals surface area contributed by atoms with E-state index in [0.29, 0.717) is 6.04 Å². The Morgan fingerprint density at radius 1 is 1.35 bits per heavy atom. The van der Waals surface area contributed by atoms with Crippen LogP contribution in [-0.2, 0) is 6.54 Å². The summed E-state index contributed by atoms with van der Waals surface area (Å²) in [4.78, 5) is 3.89. The zero-order chi connectivity index (χ0) is 11.4. The van der Waals surface area contributed by atoms with Gasteiger partial charge < -0.3 is 5.32 Å². The molecular formula is C13H21ClN2S. The molecule has 1 heterocycles. The van der Waals surface area contributed by atoms with Gasteiger partial charge >= 0.3 is 0 Å². The van der Waals surface area contributed by atoms with Crippen LogP contribution in [0.4, 0.5) is 0 Å². The van der Waals surface area contributed by atoms with Gasteiger partial charge in [0.1, 0.15) is 0 Å². The van der Waals surface area contributed by atoms with E-state index in [1.165, 1.54) is 10.5 Å². The summed E-state index contributed by atoms with van der Waals surface area (Å²) in [5, 5.41) is 3.42. The number of hydrogen-bond donors (Lipinski definition) is 1. The summed E-state index contributed by atoms with van der Waals surface area (Å²) < 4.78 is 0. The van der Waals surface area contributed by atoms with Crippen molar-refractivity contribution in [3.05, 3.63) is 29.8 Å². The highest BCUT2D eigenvalue weighted by atomic mass is 35.5. The third kappa shape index (κ3) is 4.18. The Bertz CT molecular complexity index is 329. The lowest BCUT2D eigenvalue weighted by atomic mass is 10.1. The minimum Gasteiger partial charge on any atom is -0.314 e. The summed E-state index contributed by atoms with van der Waals surface area (Å²) >= 11 is 1.80. The number of piperazine rings is 1. The van der Waals surface area contributed by atoms with Crippen LogP contribution in [0.3, 0.4) is 0 Å². The summed E-state index contributed by atoms with van der Waals surface area (Å²) in [6.45, 7) is 6.77. The molecule has 1 aromatic carbocycles. The fourth-order valence-electron chi connectivity index (χ4n) is 2.08. The third-order valence-corrected chi connectivity index (χ3v) is 3.93. The van der Waals surface area contributed by atoms with E-state index in [4.69, 9.17) is 0 Å². The van der Waals surface area contributed by atoms with Gasteiger partial charge in [-0.15, -0.1) is 24.2 Å². The van der Waals surface area contributed by atoms with Crippen LogP contribution in [-0.4, -0.2) is 36.8 Å². The lowest BCUT2D eigenvalue weighted by Crippen LogP contribution is -2.49. The minimum absolute atomic E-state index is 0. The van der Waals surface area contributed by atoms with Crippen molar-refractivity contribution in [2.75, 3.05) is 25.9 Å². The first-order valence-corrected chi connectivity index (χ1v) is 7.10. The first-order chi connectivity index (χ1) is 7.79. The monoisotopic (exact) mass is 272 g/mol. The molecule has 2 nitrogen and oxygen atoms in total. The van der Waals surface area contributed by atoms with Crippen LogP contribution in [0, 0.1) is 0 Å². The molecule has 0 unspecified atom stereocenters. The lowest BCUT2D eigenvalue weighted by Gasteiger charge is -2.33. The van der Waals surface area contributed by atoms with Gasteiger partial charge in [-0.05, 0) is 30.9 Å². The number of halogens is 1. The molecule has 4 heteroatoms. The maximum Gasteiger partial charge on any atom is 0.0237 e. The molecule has 1 atom stereocenters. The van der Waals surface area contributed by atoms with Crippen molar-refractivity contribution < 1.29 is 0 Å². The van der Waals surface area contributed by atoms with Crippen molar-refractivity contribution >= 4 is 24.2 Å². The van der Waals surface area contributed by atoms with Crippen LogP contribution < -0.4 is 5.32 Å². The molecule has 2 rings (SSSR count). The summed E-state index contributed by atoms with van der Waals surface area (Å²) in [6.07, 6.45) is 2.12. The lowest BCUT2D eigenvalue weighted by molar-refractivity contribution is 0.165. The number of nitrogens with zero attached hydrogens (tertiary/aromatic N) is 1. The second-order valence-corrected chi connectivity index (χ2v) is 5.25. The molecule has 1 aliphatic rings. The van der Waals surface area contributed by atoms with E-state index in [-0.39, 0.29) is 12.4 Å². The molecule has 0 radical (unpaired) electrons. The van der Waals surface area contributed by atoms with Crippen LogP contribution in [0.5, 0.6) is 0 Å². The Kier molecular flexibility index (Phi) is 6.34. The van der Waals surface area contributed by atoms with Gasteiger partial charge in [0.25, 0.3) is 0 Å². The van der Waals surface area contributed by atoms with Crippen LogP contribution in [0.15, 0.2) is 29.2 Å². The fourth-order valence-corrected chi connectivity index (χ4v) is 2.49. The first-order valence-electron chi connectivity index (χ1n) is 5.87. The molecule has 1 saturated heterocycles. The quantitative estimate of drug-likeness (QED) is 0.852. The second kappa shape index (κ2) is 7.27. The van der Waals surface area contributed by atoms with Crippen LogP contribution in [0.1, 0.15) is 12.5 Å². The average Bonchev–Trinajstić information content (AvgIpc) is 2.33. The van der Waals surface area contributed by atoms with Crippen LogP contribution in [0.25, 0.3) is 0 Å². The topological polar surface area (TPSA) is 15.3 Å². The molecule has 17 heavy (non-hydrogen) atoms. The molecule has 1 fully saturated rings. The van der Waals surface area contributed by atoms with E-state index < -0.39 is 0 Å². The van der Waals surface area contributed by atoms with Gasteiger partial charge in [0, 0.05) is 37.1 Å². The van der Waals surface area contributed by atoms with Crippen LogP contribution in [0.2, 0.25) is 0 Å². The minimum atomic E-state index is 0. The Labute approximate surface area is 115 Å². The maximum atomic E-state index is 3.42. The van der Waals surface area contributed by atoms with Crippen molar-refractivity contribution in [3.8, 4) is 0 Å². The van der Waals surface area contributed by atoms with Gasteiger partial charge in [-0.1, -0.05) is 12.1 Å². The molecule has 0 saturated carbocycles. The van der Waals surface area contributed by atoms with Gasteiger partial charge in [-0.25, -0.2) is 0 Å². The maximum absolute atomic E-state index is 3.42. The molecule has 0 aliphatic carbocycles.